The summed E-state index contributed by atoms with van der Waals surface area (Å²) in [6.07, 6.45) is 1.73. The molecule has 1 fully saturated rings. The smallest absolute Gasteiger partial charge is 0.343 e. The third-order valence-electron chi connectivity index (χ3n) is 2.47. The predicted molar refractivity (Wildman–Crippen MR) is 88.0 cm³/mol. The van der Waals surface area contributed by atoms with E-state index in [4.69, 9.17) is 17.0 Å². The molecule has 0 radical (unpaired) electrons. The molecule has 1 aliphatic rings. The van der Waals surface area contributed by atoms with Crippen LogP contribution >= 0.6 is 39.9 Å². The van der Waals surface area contributed by atoms with E-state index in [9.17, 15) is 9.59 Å². The van der Waals surface area contributed by atoms with E-state index in [1.807, 2.05) is 0 Å². The Morgan fingerprint density at radius 3 is 2.86 bits per heavy atom. The first-order chi connectivity index (χ1) is 9.99. The quantitative estimate of drug-likeness (QED) is 0.486. The molecule has 1 aromatic rings. The molecule has 0 aromatic heterocycles. The molecule has 5 nitrogen and oxygen atoms in total. The molecule has 0 saturated carbocycles. The molecular weight excluding hydrogens is 378 g/mol. The maximum absolute atomic E-state index is 11.6. The zero-order valence-corrected chi connectivity index (χ0v) is 14.1. The second kappa shape index (κ2) is 7.06. The van der Waals surface area contributed by atoms with Gasteiger partial charge in [-0.25, -0.2) is 4.79 Å². The van der Waals surface area contributed by atoms with Gasteiger partial charge in [-0.2, -0.15) is 0 Å². The molecule has 110 valence electrons. The minimum absolute atomic E-state index is 0.165. The number of hydrogen-bond donors (Lipinski definition) is 1. The summed E-state index contributed by atoms with van der Waals surface area (Å²) in [7, 11) is 1.30. The lowest BCUT2D eigenvalue weighted by atomic mass is 10.2. The summed E-state index contributed by atoms with van der Waals surface area (Å²) < 4.78 is 10.9. The van der Waals surface area contributed by atoms with Gasteiger partial charge in [0.05, 0.1) is 16.5 Å². The zero-order valence-electron chi connectivity index (χ0n) is 10.8. The Labute approximate surface area is 139 Å². The third-order valence-corrected chi connectivity index (χ3v) is 4.25. The van der Waals surface area contributed by atoms with Gasteiger partial charge in [0, 0.05) is 0 Å². The summed E-state index contributed by atoms with van der Waals surface area (Å²) in [6.45, 7) is -0.165. The number of ether oxygens (including phenoxy) is 2. The molecular formula is C13H10BrNO4S2. The minimum Gasteiger partial charge on any atom is -0.481 e. The summed E-state index contributed by atoms with van der Waals surface area (Å²) in [5.74, 6) is -0.144. The summed E-state index contributed by atoms with van der Waals surface area (Å²) in [5.41, 5.74) is 0.814. The largest absolute Gasteiger partial charge is 0.481 e. The van der Waals surface area contributed by atoms with Gasteiger partial charge in [0.15, 0.2) is 6.61 Å². The molecule has 1 N–H and O–H groups in total. The van der Waals surface area contributed by atoms with Gasteiger partial charge >= 0.3 is 5.97 Å². The minimum atomic E-state index is -0.458. The van der Waals surface area contributed by atoms with E-state index in [1.165, 1.54) is 18.9 Å². The number of benzene rings is 1. The predicted octanol–water partition coefficient (Wildman–Crippen LogP) is 2.49. The van der Waals surface area contributed by atoms with Crippen LogP contribution in [0.2, 0.25) is 0 Å². The molecule has 1 aliphatic heterocycles. The van der Waals surface area contributed by atoms with Crippen LogP contribution in [-0.2, 0) is 14.3 Å². The zero-order chi connectivity index (χ0) is 15.4. The molecule has 1 saturated heterocycles. The van der Waals surface area contributed by atoms with E-state index in [2.05, 4.69) is 26.0 Å². The van der Waals surface area contributed by atoms with Gasteiger partial charge in [0.1, 0.15) is 10.1 Å². The molecule has 0 atom stereocenters. The first kappa shape index (κ1) is 16.0. The monoisotopic (exact) mass is 387 g/mol. The van der Waals surface area contributed by atoms with Crippen molar-refractivity contribution in [1.82, 2.24) is 5.32 Å². The van der Waals surface area contributed by atoms with Gasteiger partial charge in [-0.15, -0.1) is 0 Å². The fourth-order valence-corrected chi connectivity index (χ4v) is 3.05. The molecule has 1 amide bonds. The lowest BCUT2D eigenvalue weighted by Gasteiger charge is -2.07. The topological polar surface area (TPSA) is 64.6 Å². The van der Waals surface area contributed by atoms with Gasteiger partial charge in [-0.1, -0.05) is 30.0 Å². The van der Waals surface area contributed by atoms with Crippen LogP contribution in [0.25, 0.3) is 6.08 Å². The summed E-state index contributed by atoms with van der Waals surface area (Å²) in [4.78, 5) is 23.1. The van der Waals surface area contributed by atoms with Crippen LogP contribution in [0.5, 0.6) is 5.75 Å². The molecule has 0 aliphatic carbocycles. The maximum atomic E-state index is 11.6. The average Bonchev–Trinajstić information content (AvgIpc) is 2.75. The second-order valence-electron chi connectivity index (χ2n) is 3.91. The van der Waals surface area contributed by atoms with E-state index < -0.39 is 5.97 Å². The molecule has 0 spiro atoms. The first-order valence-electron chi connectivity index (χ1n) is 5.73. The highest BCUT2D eigenvalue weighted by Crippen LogP contribution is 2.30. The highest BCUT2D eigenvalue weighted by Gasteiger charge is 2.22. The van der Waals surface area contributed by atoms with Gasteiger partial charge < -0.3 is 14.8 Å². The SMILES string of the molecule is COC(=O)COc1ccc(/C=C2\SC(=S)NC2=O)cc1Br. The Bertz CT molecular complexity index is 645. The molecule has 21 heavy (non-hydrogen) atoms. The van der Waals surface area contributed by atoms with Crippen molar-refractivity contribution in [2.24, 2.45) is 0 Å². The Balaban J connectivity index is 2.12. The normalized spacial score (nSPS) is 16.0. The van der Waals surface area contributed by atoms with E-state index in [1.54, 1.807) is 24.3 Å². The number of carbonyl (C=O) groups excluding carboxylic acids is 2. The van der Waals surface area contributed by atoms with Crippen LogP contribution in [0.15, 0.2) is 27.6 Å². The number of thiocarbonyl (C=S) groups is 1. The second-order valence-corrected chi connectivity index (χ2v) is 6.48. The van der Waals surface area contributed by atoms with Crippen LogP contribution in [0.3, 0.4) is 0 Å². The van der Waals surface area contributed by atoms with Crippen molar-refractivity contribution in [3.63, 3.8) is 0 Å². The Morgan fingerprint density at radius 2 is 2.29 bits per heavy atom. The third kappa shape index (κ3) is 4.29. The number of hydrogen-bond acceptors (Lipinski definition) is 6. The van der Waals surface area contributed by atoms with Gasteiger partial charge in [0.25, 0.3) is 5.91 Å². The molecule has 2 rings (SSSR count). The van der Waals surface area contributed by atoms with Gasteiger partial charge in [-0.3, -0.25) is 4.79 Å². The molecule has 0 bridgehead atoms. The first-order valence-corrected chi connectivity index (χ1v) is 7.75. The van der Waals surface area contributed by atoms with Crippen LogP contribution < -0.4 is 10.1 Å². The molecule has 1 heterocycles. The van der Waals surface area contributed by atoms with Crippen LogP contribution in [0.1, 0.15) is 5.56 Å². The van der Waals surface area contributed by atoms with Crippen molar-refractivity contribution in [2.45, 2.75) is 0 Å². The molecule has 0 unspecified atom stereocenters. The maximum Gasteiger partial charge on any atom is 0.343 e. The van der Waals surface area contributed by atoms with Crippen LogP contribution in [0.4, 0.5) is 0 Å². The lowest BCUT2D eigenvalue weighted by Crippen LogP contribution is -2.17. The number of halogens is 1. The number of nitrogens with one attached hydrogen (secondary N) is 1. The number of amides is 1. The van der Waals surface area contributed by atoms with Crippen molar-refractivity contribution in [1.29, 1.82) is 0 Å². The lowest BCUT2D eigenvalue weighted by molar-refractivity contribution is -0.142. The summed E-state index contributed by atoms with van der Waals surface area (Å²) >= 11 is 9.50. The van der Waals surface area contributed by atoms with Crippen molar-refractivity contribution < 1.29 is 19.1 Å². The molecule has 8 heteroatoms. The van der Waals surface area contributed by atoms with Crippen LogP contribution in [0, 0.1) is 0 Å². The summed E-state index contributed by atoms with van der Waals surface area (Å²) in [5, 5.41) is 2.55. The number of carbonyl (C=O) groups is 2. The van der Waals surface area contributed by atoms with Gasteiger partial charge in [-0.05, 0) is 39.7 Å². The Hall–Kier alpha value is -1.38. The number of esters is 1. The van der Waals surface area contributed by atoms with Crippen molar-refractivity contribution in [3.05, 3.63) is 33.1 Å². The van der Waals surface area contributed by atoms with Gasteiger partial charge in [0.2, 0.25) is 0 Å². The van der Waals surface area contributed by atoms with E-state index >= 15 is 0 Å². The number of methoxy groups -OCH3 is 1. The van der Waals surface area contributed by atoms with E-state index in [0.29, 0.717) is 19.4 Å². The average molecular weight is 388 g/mol. The van der Waals surface area contributed by atoms with E-state index in [0.717, 1.165) is 5.56 Å². The van der Waals surface area contributed by atoms with Crippen molar-refractivity contribution in [2.75, 3.05) is 13.7 Å². The standard InChI is InChI=1S/C13H10BrNO4S2/c1-18-11(16)6-19-9-3-2-7(4-8(9)14)5-10-12(17)15-13(20)21-10/h2-5H,6H2,1H3,(H,15,17,20)/b10-5-. The number of rotatable bonds is 4. The van der Waals surface area contributed by atoms with Crippen molar-refractivity contribution in [3.8, 4) is 5.75 Å². The van der Waals surface area contributed by atoms with Crippen LogP contribution in [-0.4, -0.2) is 29.9 Å². The number of thioether (sulfide) groups is 1. The van der Waals surface area contributed by atoms with Crippen molar-refractivity contribution >= 4 is 62.2 Å². The van der Waals surface area contributed by atoms with E-state index in [-0.39, 0.29) is 12.5 Å². The highest BCUT2D eigenvalue weighted by molar-refractivity contribution is 9.10. The summed E-state index contributed by atoms with van der Waals surface area (Å²) in [6, 6.07) is 5.27. The fourth-order valence-electron chi connectivity index (χ4n) is 1.49. The fraction of sp³-hybridized carbons (Fsp3) is 0.154. The highest BCUT2D eigenvalue weighted by atomic mass is 79.9. The Morgan fingerprint density at radius 1 is 1.52 bits per heavy atom. The Kier molecular flexibility index (Phi) is 5.38. The molecule has 1 aromatic carbocycles.